The maximum Gasteiger partial charge on any atom is 0.243 e. The second-order valence-corrected chi connectivity index (χ2v) is 10.3. The van der Waals surface area contributed by atoms with Crippen LogP contribution in [0.2, 0.25) is 0 Å². The van der Waals surface area contributed by atoms with Crippen molar-refractivity contribution in [1.82, 2.24) is 9.21 Å². The van der Waals surface area contributed by atoms with E-state index in [1.807, 2.05) is 24.0 Å². The summed E-state index contributed by atoms with van der Waals surface area (Å²) < 4.78 is 41.2. The van der Waals surface area contributed by atoms with Crippen molar-refractivity contribution in [3.63, 3.8) is 0 Å². The Balaban J connectivity index is 1.38. The third-order valence-corrected chi connectivity index (χ3v) is 8.26. The number of hydrogen-bond acceptors (Lipinski definition) is 4. The number of amides is 1. The number of hydrogen-bond donors (Lipinski definition) is 1. The smallest absolute Gasteiger partial charge is 0.243 e. The third kappa shape index (κ3) is 4.51. The highest BCUT2D eigenvalue weighted by atomic mass is 32.2. The molecule has 6 nitrogen and oxygen atoms in total. The number of sulfonamides is 1. The maximum atomic E-state index is 13.5. The zero-order valence-electron chi connectivity index (χ0n) is 17.9. The van der Waals surface area contributed by atoms with Crippen molar-refractivity contribution in [1.29, 1.82) is 0 Å². The fourth-order valence-electron chi connectivity index (χ4n) is 4.32. The van der Waals surface area contributed by atoms with Gasteiger partial charge in [0, 0.05) is 31.9 Å². The van der Waals surface area contributed by atoms with E-state index >= 15 is 0 Å². The second-order valence-electron chi connectivity index (χ2n) is 8.35. The molecule has 1 heterocycles. The number of aryl methyl sites for hydroxylation is 3. The fraction of sp³-hybridized carbons (Fsp3) is 0.435. The quantitative estimate of drug-likeness (QED) is 0.768. The van der Waals surface area contributed by atoms with Gasteiger partial charge < -0.3 is 5.32 Å². The molecule has 0 spiro atoms. The van der Waals surface area contributed by atoms with Crippen LogP contribution in [0.4, 0.5) is 10.1 Å². The lowest BCUT2D eigenvalue weighted by Gasteiger charge is -2.36. The van der Waals surface area contributed by atoms with Crippen molar-refractivity contribution in [2.24, 2.45) is 0 Å². The molecule has 1 aliphatic heterocycles. The SMILES string of the molecule is Cc1ccc(F)cc1NC(=O)C(C)N1CCN(S(=O)(=O)c2ccc3c(c2)CCC3)CC1. The van der Waals surface area contributed by atoms with Gasteiger partial charge in [-0.25, -0.2) is 12.8 Å². The number of nitrogens with one attached hydrogen (secondary N) is 1. The number of benzene rings is 2. The average Bonchev–Trinajstić information content (AvgIpc) is 3.24. The van der Waals surface area contributed by atoms with Crippen molar-refractivity contribution in [3.05, 3.63) is 58.9 Å². The Hall–Kier alpha value is -2.29. The van der Waals surface area contributed by atoms with Crippen LogP contribution in [0.15, 0.2) is 41.3 Å². The van der Waals surface area contributed by atoms with E-state index in [2.05, 4.69) is 5.32 Å². The minimum absolute atomic E-state index is 0.233. The summed E-state index contributed by atoms with van der Waals surface area (Å²) in [5.74, 6) is -0.637. The Kier molecular flexibility index (Phi) is 6.14. The molecule has 2 aromatic rings. The van der Waals surface area contributed by atoms with Gasteiger partial charge in [-0.1, -0.05) is 12.1 Å². The molecule has 31 heavy (non-hydrogen) atoms. The molecule has 2 aromatic carbocycles. The first-order chi connectivity index (χ1) is 14.8. The normalized spacial score (nSPS) is 18.5. The Morgan fingerprint density at radius 3 is 2.48 bits per heavy atom. The lowest BCUT2D eigenvalue weighted by Crippen LogP contribution is -2.53. The predicted molar refractivity (Wildman–Crippen MR) is 118 cm³/mol. The first-order valence-corrected chi connectivity index (χ1v) is 12.1. The van der Waals surface area contributed by atoms with Gasteiger partial charge in [-0.2, -0.15) is 4.31 Å². The van der Waals surface area contributed by atoms with E-state index in [4.69, 9.17) is 0 Å². The second kappa shape index (κ2) is 8.68. The Labute approximate surface area is 183 Å². The van der Waals surface area contributed by atoms with Crippen LogP contribution in [0, 0.1) is 12.7 Å². The molecule has 4 rings (SSSR count). The van der Waals surface area contributed by atoms with Crippen molar-refractivity contribution in [3.8, 4) is 0 Å². The van der Waals surface area contributed by atoms with E-state index in [-0.39, 0.29) is 5.91 Å². The summed E-state index contributed by atoms with van der Waals surface area (Å²) in [5, 5.41) is 2.79. The van der Waals surface area contributed by atoms with Gasteiger partial charge in [0.15, 0.2) is 0 Å². The van der Waals surface area contributed by atoms with E-state index in [0.717, 1.165) is 30.4 Å². The van der Waals surface area contributed by atoms with Gasteiger partial charge >= 0.3 is 0 Å². The monoisotopic (exact) mass is 445 g/mol. The zero-order chi connectivity index (χ0) is 22.2. The molecule has 1 amide bonds. The zero-order valence-corrected chi connectivity index (χ0v) is 18.7. The number of piperazine rings is 1. The molecule has 0 aromatic heterocycles. The average molecular weight is 446 g/mol. The minimum atomic E-state index is -3.55. The number of carbonyl (C=O) groups is 1. The molecule has 0 radical (unpaired) electrons. The van der Waals surface area contributed by atoms with Gasteiger partial charge in [-0.3, -0.25) is 9.69 Å². The van der Waals surface area contributed by atoms with E-state index in [9.17, 15) is 17.6 Å². The van der Waals surface area contributed by atoms with Crippen LogP contribution in [-0.4, -0.2) is 55.8 Å². The molecule has 0 bridgehead atoms. The highest BCUT2D eigenvalue weighted by Gasteiger charge is 2.32. The lowest BCUT2D eigenvalue weighted by molar-refractivity contribution is -0.121. The standard InChI is InChI=1S/C23H28FN3O3S/c1-16-6-8-20(24)15-22(16)25-23(28)17(2)26-10-12-27(13-11-26)31(29,30)21-9-7-18-4-3-5-19(18)14-21/h6-9,14-15,17H,3-5,10-13H2,1-2H3,(H,25,28). The Bertz CT molecular complexity index is 1100. The van der Waals surface area contributed by atoms with E-state index in [0.29, 0.717) is 36.8 Å². The summed E-state index contributed by atoms with van der Waals surface area (Å²) in [6, 6.07) is 9.30. The van der Waals surface area contributed by atoms with E-state index in [1.54, 1.807) is 19.1 Å². The summed E-state index contributed by atoms with van der Waals surface area (Å²) in [6.07, 6.45) is 3.03. The van der Waals surface area contributed by atoms with E-state index < -0.39 is 21.9 Å². The minimum Gasteiger partial charge on any atom is -0.324 e. The summed E-state index contributed by atoms with van der Waals surface area (Å²) in [4.78, 5) is 15.0. The van der Waals surface area contributed by atoms with E-state index in [1.165, 1.54) is 22.0 Å². The van der Waals surface area contributed by atoms with Crippen LogP contribution < -0.4 is 5.32 Å². The van der Waals surface area contributed by atoms with Gasteiger partial charge in [0.25, 0.3) is 0 Å². The van der Waals surface area contributed by atoms with Gasteiger partial charge in [-0.05, 0) is 74.1 Å². The first kappa shape index (κ1) is 21.9. The molecule has 1 N–H and O–H groups in total. The Morgan fingerprint density at radius 1 is 1.03 bits per heavy atom. The number of carbonyl (C=O) groups excluding carboxylic acids is 1. The maximum absolute atomic E-state index is 13.5. The molecule has 166 valence electrons. The number of rotatable bonds is 5. The summed E-state index contributed by atoms with van der Waals surface area (Å²) >= 11 is 0. The summed E-state index contributed by atoms with van der Waals surface area (Å²) in [6.45, 7) is 5.17. The molecular formula is C23H28FN3O3S. The van der Waals surface area contributed by atoms with Crippen LogP contribution >= 0.6 is 0 Å². The van der Waals surface area contributed by atoms with Crippen molar-refractivity contribution >= 4 is 21.6 Å². The molecular weight excluding hydrogens is 417 g/mol. The summed E-state index contributed by atoms with van der Waals surface area (Å²) in [7, 11) is -3.55. The highest BCUT2D eigenvalue weighted by Crippen LogP contribution is 2.27. The van der Waals surface area contributed by atoms with Crippen LogP contribution in [0.25, 0.3) is 0 Å². The van der Waals surface area contributed by atoms with Crippen LogP contribution in [-0.2, 0) is 27.7 Å². The first-order valence-electron chi connectivity index (χ1n) is 10.7. The van der Waals surface area contributed by atoms with Gasteiger partial charge in [0.1, 0.15) is 5.82 Å². The number of fused-ring (bicyclic) bond motifs is 1. The molecule has 8 heteroatoms. The van der Waals surface area contributed by atoms with Crippen LogP contribution in [0.1, 0.15) is 30.0 Å². The number of halogens is 1. The molecule has 1 unspecified atom stereocenters. The molecule has 2 aliphatic rings. The summed E-state index contributed by atoms with van der Waals surface area (Å²) in [5.41, 5.74) is 3.62. The predicted octanol–water partition coefficient (Wildman–Crippen LogP) is 2.96. The molecule has 1 atom stereocenters. The molecule has 1 aliphatic carbocycles. The number of anilines is 1. The van der Waals surface area contributed by atoms with Crippen LogP contribution in [0.3, 0.4) is 0 Å². The van der Waals surface area contributed by atoms with Crippen molar-refractivity contribution in [2.75, 3.05) is 31.5 Å². The largest absolute Gasteiger partial charge is 0.324 e. The highest BCUT2D eigenvalue weighted by molar-refractivity contribution is 7.89. The third-order valence-electron chi connectivity index (χ3n) is 6.37. The van der Waals surface area contributed by atoms with Crippen LogP contribution in [0.5, 0.6) is 0 Å². The lowest BCUT2D eigenvalue weighted by atomic mass is 10.1. The number of nitrogens with zero attached hydrogens (tertiary/aromatic N) is 2. The fourth-order valence-corrected chi connectivity index (χ4v) is 5.79. The van der Waals surface area contributed by atoms with Gasteiger partial charge in [-0.15, -0.1) is 0 Å². The molecule has 1 saturated heterocycles. The van der Waals surface area contributed by atoms with Crippen molar-refractivity contribution in [2.45, 2.75) is 44.0 Å². The topological polar surface area (TPSA) is 69.7 Å². The van der Waals surface area contributed by atoms with Gasteiger partial charge in [0.05, 0.1) is 10.9 Å². The van der Waals surface area contributed by atoms with Gasteiger partial charge in [0.2, 0.25) is 15.9 Å². The Morgan fingerprint density at radius 2 is 1.74 bits per heavy atom. The van der Waals surface area contributed by atoms with Crippen molar-refractivity contribution < 1.29 is 17.6 Å². The molecule has 0 saturated carbocycles. The molecule has 1 fully saturated rings.